The number of nitrogens with zero attached hydrogens (tertiary/aromatic N) is 2. The van der Waals surface area contributed by atoms with Gasteiger partial charge in [-0.3, -0.25) is 0 Å². The first-order valence-corrected chi connectivity index (χ1v) is 6.24. The summed E-state index contributed by atoms with van der Waals surface area (Å²) in [5.74, 6) is -0.171. The van der Waals surface area contributed by atoms with Crippen LogP contribution in [0, 0.1) is 12.7 Å². The van der Waals surface area contributed by atoms with E-state index >= 15 is 0 Å². The Morgan fingerprint density at radius 3 is 2.56 bits per heavy atom. The van der Waals surface area contributed by atoms with Crippen LogP contribution >= 0.6 is 0 Å². The summed E-state index contributed by atoms with van der Waals surface area (Å²) in [5, 5.41) is 1.00. The van der Waals surface area contributed by atoms with Gasteiger partial charge in [0, 0.05) is 29.2 Å². The molecule has 0 radical (unpaired) electrons. The Kier molecular flexibility index (Phi) is 3.20. The highest BCUT2D eigenvalue weighted by atomic mass is 19.1. The summed E-state index contributed by atoms with van der Waals surface area (Å²) >= 11 is 0. The molecule has 0 aliphatic rings. The van der Waals surface area contributed by atoms with Gasteiger partial charge in [-0.1, -0.05) is 0 Å². The number of halogens is 1. The van der Waals surface area contributed by atoms with E-state index in [1.807, 2.05) is 13.0 Å². The molecule has 2 aromatic rings. The highest BCUT2D eigenvalue weighted by Gasteiger charge is 2.22. The van der Waals surface area contributed by atoms with Crippen LogP contribution in [0.5, 0.6) is 0 Å². The Balaban J connectivity index is 2.47. The summed E-state index contributed by atoms with van der Waals surface area (Å²) in [7, 11) is 4.16. The van der Waals surface area contributed by atoms with Crippen molar-refractivity contribution < 1.29 is 4.39 Å². The van der Waals surface area contributed by atoms with Gasteiger partial charge in [0.25, 0.3) is 0 Å². The Bertz CT molecular complexity index is 567. The van der Waals surface area contributed by atoms with Crippen LogP contribution in [0.1, 0.15) is 19.4 Å². The Morgan fingerprint density at radius 1 is 1.28 bits per heavy atom. The lowest BCUT2D eigenvalue weighted by molar-refractivity contribution is 0.171. The third-order valence-electron chi connectivity index (χ3n) is 3.81. The van der Waals surface area contributed by atoms with Crippen LogP contribution in [0.4, 0.5) is 4.39 Å². The van der Waals surface area contributed by atoms with Gasteiger partial charge in [-0.15, -0.1) is 0 Å². The van der Waals surface area contributed by atoms with E-state index in [9.17, 15) is 4.39 Å². The second-order valence-electron chi connectivity index (χ2n) is 5.81. The average Bonchev–Trinajstić information content (AvgIpc) is 2.54. The molecule has 1 heterocycles. The second kappa shape index (κ2) is 4.39. The number of aryl methyl sites for hydroxylation is 1. The van der Waals surface area contributed by atoms with Gasteiger partial charge in [-0.2, -0.15) is 0 Å². The highest BCUT2D eigenvalue weighted by molar-refractivity contribution is 5.83. The predicted octanol–water partition coefficient (Wildman–Crippen LogP) is 3.43. The molecule has 1 aromatic heterocycles. The smallest absolute Gasteiger partial charge is 0.123 e. The number of hydrogen-bond donors (Lipinski definition) is 0. The molecule has 0 bridgehead atoms. The summed E-state index contributed by atoms with van der Waals surface area (Å²) in [4.78, 5) is 2.21. The fraction of sp³-hybridized carbons (Fsp3) is 0.467. The van der Waals surface area contributed by atoms with Gasteiger partial charge in [0.15, 0.2) is 0 Å². The molecular weight excluding hydrogens is 227 g/mol. The van der Waals surface area contributed by atoms with Crippen LogP contribution in [0.3, 0.4) is 0 Å². The van der Waals surface area contributed by atoms with Crippen LogP contribution in [-0.4, -0.2) is 29.1 Å². The summed E-state index contributed by atoms with van der Waals surface area (Å²) in [6.07, 6.45) is 2.11. The standard InChI is InChI=1S/C15H21FN2/c1-11-9-18(10-15(2,3)17(4)5)14-7-6-12(16)8-13(11)14/h6-9H,10H2,1-5H3. The van der Waals surface area contributed by atoms with Crippen LogP contribution in [0.15, 0.2) is 24.4 Å². The predicted molar refractivity (Wildman–Crippen MR) is 74.4 cm³/mol. The molecule has 0 atom stereocenters. The molecule has 0 aliphatic heterocycles. The lowest BCUT2D eigenvalue weighted by Crippen LogP contribution is -2.41. The maximum absolute atomic E-state index is 13.3. The third-order valence-corrected chi connectivity index (χ3v) is 3.81. The number of hydrogen-bond acceptors (Lipinski definition) is 1. The highest BCUT2D eigenvalue weighted by Crippen LogP contribution is 2.24. The lowest BCUT2D eigenvalue weighted by atomic mass is 10.0. The van der Waals surface area contributed by atoms with E-state index in [0.717, 1.165) is 23.0 Å². The second-order valence-corrected chi connectivity index (χ2v) is 5.81. The zero-order valence-corrected chi connectivity index (χ0v) is 11.8. The van der Waals surface area contributed by atoms with E-state index in [1.165, 1.54) is 6.07 Å². The van der Waals surface area contributed by atoms with Crippen molar-refractivity contribution in [2.24, 2.45) is 0 Å². The first kappa shape index (κ1) is 13.1. The zero-order chi connectivity index (χ0) is 13.5. The van der Waals surface area contributed by atoms with E-state index in [1.54, 1.807) is 6.07 Å². The number of likely N-dealkylation sites (N-methyl/N-ethyl adjacent to an activating group) is 1. The summed E-state index contributed by atoms with van der Waals surface area (Å²) in [6, 6.07) is 5.01. The molecule has 0 N–H and O–H groups in total. The van der Waals surface area contributed by atoms with Crippen molar-refractivity contribution >= 4 is 10.9 Å². The van der Waals surface area contributed by atoms with E-state index < -0.39 is 0 Å². The van der Waals surface area contributed by atoms with E-state index in [4.69, 9.17) is 0 Å². The maximum Gasteiger partial charge on any atom is 0.123 e. The van der Waals surface area contributed by atoms with Crippen molar-refractivity contribution in [1.29, 1.82) is 0 Å². The number of benzene rings is 1. The third kappa shape index (κ3) is 2.27. The molecule has 1 aromatic carbocycles. The van der Waals surface area contributed by atoms with E-state index in [2.05, 4.69) is 43.6 Å². The molecule has 0 saturated carbocycles. The molecule has 0 spiro atoms. The van der Waals surface area contributed by atoms with Crippen molar-refractivity contribution in [1.82, 2.24) is 9.47 Å². The molecule has 0 fully saturated rings. The molecular formula is C15H21FN2. The summed E-state index contributed by atoms with van der Waals surface area (Å²) in [5.41, 5.74) is 2.29. The minimum Gasteiger partial charge on any atom is -0.345 e. The van der Waals surface area contributed by atoms with Crippen LogP contribution in [0.25, 0.3) is 10.9 Å². The molecule has 0 aliphatic carbocycles. The molecule has 2 rings (SSSR count). The topological polar surface area (TPSA) is 8.17 Å². The van der Waals surface area contributed by atoms with Crippen LogP contribution in [0.2, 0.25) is 0 Å². The minimum atomic E-state index is -0.171. The van der Waals surface area contributed by atoms with Crippen LogP contribution in [-0.2, 0) is 6.54 Å². The molecule has 0 unspecified atom stereocenters. The molecule has 0 amide bonds. The van der Waals surface area contributed by atoms with Gasteiger partial charge in [-0.25, -0.2) is 4.39 Å². The zero-order valence-electron chi connectivity index (χ0n) is 11.8. The van der Waals surface area contributed by atoms with Crippen molar-refractivity contribution in [2.45, 2.75) is 32.9 Å². The van der Waals surface area contributed by atoms with Crippen molar-refractivity contribution in [3.63, 3.8) is 0 Å². The maximum atomic E-state index is 13.3. The van der Waals surface area contributed by atoms with Gasteiger partial charge in [-0.05, 0) is 58.6 Å². The largest absolute Gasteiger partial charge is 0.345 e. The van der Waals surface area contributed by atoms with Crippen molar-refractivity contribution in [3.8, 4) is 0 Å². The SMILES string of the molecule is Cc1cn(CC(C)(C)N(C)C)c2ccc(F)cc12. The minimum absolute atomic E-state index is 0.0623. The fourth-order valence-electron chi connectivity index (χ4n) is 2.14. The molecule has 0 saturated heterocycles. The van der Waals surface area contributed by atoms with Gasteiger partial charge in [0.2, 0.25) is 0 Å². The van der Waals surface area contributed by atoms with Crippen LogP contribution < -0.4 is 0 Å². The summed E-state index contributed by atoms with van der Waals surface area (Å²) < 4.78 is 15.5. The monoisotopic (exact) mass is 248 g/mol. The average molecular weight is 248 g/mol. The Hall–Kier alpha value is -1.35. The molecule has 3 heteroatoms. The van der Waals surface area contributed by atoms with Gasteiger partial charge >= 0.3 is 0 Å². The quantitative estimate of drug-likeness (QED) is 0.808. The lowest BCUT2D eigenvalue weighted by Gasteiger charge is -2.33. The number of rotatable bonds is 3. The number of fused-ring (bicyclic) bond motifs is 1. The van der Waals surface area contributed by atoms with Gasteiger partial charge in [0.1, 0.15) is 5.82 Å². The fourth-order valence-corrected chi connectivity index (χ4v) is 2.14. The molecule has 98 valence electrons. The molecule has 2 nitrogen and oxygen atoms in total. The van der Waals surface area contributed by atoms with Crippen molar-refractivity contribution in [3.05, 3.63) is 35.8 Å². The number of aromatic nitrogens is 1. The molecule has 18 heavy (non-hydrogen) atoms. The summed E-state index contributed by atoms with van der Waals surface area (Å²) in [6.45, 7) is 7.33. The van der Waals surface area contributed by atoms with Gasteiger partial charge in [0.05, 0.1) is 0 Å². The van der Waals surface area contributed by atoms with Gasteiger partial charge < -0.3 is 9.47 Å². The van der Waals surface area contributed by atoms with E-state index in [-0.39, 0.29) is 11.4 Å². The Labute approximate surface area is 108 Å². The first-order valence-electron chi connectivity index (χ1n) is 6.24. The first-order chi connectivity index (χ1) is 8.31. The normalized spacial score (nSPS) is 12.6. The van der Waals surface area contributed by atoms with E-state index in [0.29, 0.717) is 0 Å². The van der Waals surface area contributed by atoms with Crippen molar-refractivity contribution in [2.75, 3.05) is 14.1 Å². The Morgan fingerprint density at radius 2 is 1.94 bits per heavy atom.